The van der Waals surface area contributed by atoms with Crippen molar-refractivity contribution in [2.24, 2.45) is 0 Å². The first-order chi connectivity index (χ1) is 30.7. The molecule has 1 fully saturated rings. The Morgan fingerprint density at radius 2 is 1.14 bits per heavy atom. The van der Waals surface area contributed by atoms with Crippen molar-refractivity contribution < 1.29 is 4.74 Å². The third-order valence-electron chi connectivity index (χ3n) is 14.1. The molecule has 0 aliphatic carbocycles. The first-order valence-electron chi connectivity index (χ1n) is 23.6. The van der Waals surface area contributed by atoms with Gasteiger partial charge in [-0.25, -0.2) is 4.98 Å². The van der Waals surface area contributed by atoms with Crippen LogP contribution in [0.25, 0.3) is 38.8 Å². The molecule has 5 nitrogen and oxygen atoms in total. The van der Waals surface area contributed by atoms with E-state index >= 15 is 0 Å². The maximum absolute atomic E-state index is 7.11. The van der Waals surface area contributed by atoms with E-state index in [0.717, 1.165) is 33.7 Å². The first-order valence-corrected chi connectivity index (χ1v) is 23.6. The zero-order chi connectivity index (χ0) is 46.0. The van der Waals surface area contributed by atoms with Crippen LogP contribution in [0.2, 0.25) is 0 Å². The molecule has 1 saturated heterocycles. The average molecular weight is 858 g/mol. The van der Waals surface area contributed by atoms with E-state index in [1.807, 2.05) is 6.20 Å². The second kappa shape index (κ2) is 14.8. The van der Waals surface area contributed by atoms with Gasteiger partial charge in [0.25, 0.3) is 0 Å². The maximum atomic E-state index is 7.11. The molecule has 2 aliphatic heterocycles. The van der Waals surface area contributed by atoms with Crippen LogP contribution in [0.1, 0.15) is 130 Å². The fraction of sp³-hybridized carbons (Fsp3) is 0.300. The van der Waals surface area contributed by atoms with Gasteiger partial charge in [-0.15, -0.1) is 0 Å². The molecule has 0 spiro atoms. The van der Waals surface area contributed by atoms with Crippen LogP contribution in [0.3, 0.4) is 0 Å². The summed E-state index contributed by atoms with van der Waals surface area (Å²) in [4.78, 5) is 5.07. The number of benzene rings is 6. The number of fused-ring (bicyclic) bond motifs is 7. The standard InChI is InChI=1S/C60H65N4O/c1-38(2)48-21-17-22-49(39(3)4)57(48)40-28-29-61-56(30-40)62-52-23-15-14-20-50(52)51-26-25-46(36-53(51)62)65-47-33-43(60(11,12)13)32-45(35-47)64-37-63(64,44-19-16-18-41(31-44)58(5,6)7)54-27-24-42(34-55(54)64)59(8,9)10/h14-39H,1-13H3/q+1/t63-,64?/m0/s1. The molecule has 6 aromatic carbocycles. The summed E-state index contributed by atoms with van der Waals surface area (Å²) in [6, 6.07) is 49.8. The van der Waals surface area contributed by atoms with Gasteiger partial charge in [-0.3, -0.25) is 4.57 Å². The molecule has 4 heterocycles. The van der Waals surface area contributed by atoms with Crippen LogP contribution in [-0.4, -0.2) is 9.55 Å². The van der Waals surface area contributed by atoms with Gasteiger partial charge in [0.05, 0.1) is 11.0 Å². The summed E-state index contributed by atoms with van der Waals surface area (Å²) >= 11 is 0. The van der Waals surface area contributed by atoms with E-state index in [9.17, 15) is 0 Å². The second-order valence-electron chi connectivity index (χ2n) is 22.4. The minimum Gasteiger partial charge on any atom is -0.457 e. The van der Waals surface area contributed by atoms with E-state index in [0.29, 0.717) is 21.0 Å². The van der Waals surface area contributed by atoms with E-state index in [1.54, 1.807) is 0 Å². The van der Waals surface area contributed by atoms with Crippen molar-refractivity contribution in [1.29, 1.82) is 0 Å². The van der Waals surface area contributed by atoms with Crippen molar-refractivity contribution in [3.8, 4) is 28.4 Å². The highest BCUT2D eigenvalue weighted by atomic mass is 16.5. The van der Waals surface area contributed by atoms with Gasteiger partial charge in [0.1, 0.15) is 17.3 Å². The Bertz CT molecular complexity index is 3160. The van der Waals surface area contributed by atoms with Gasteiger partial charge >= 0.3 is 0 Å². The van der Waals surface area contributed by atoms with Gasteiger partial charge in [0.2, 0.25) is 11.4 Å². The number of ether oxygens (including phenoxy) is 1. The third kappa shape index (κ3) is 6.76. The SMILES string of the molecule is CC(C)c1cccc(C(C)C)c1-c1ccnc(-n2c3ccccc3c3ccc(Oc4cc(C(C)(C)C)cc([N+]56[CH-][N@+]5(c5cccc(C(C)(C)C)c5)c5ccc(C(C)(C)C)cc56)c4)cc32)c1. The summed E-state index contributed by atoms with van der Waals surface area (Å²) < 4.78 is 10.7. The van der Waals surface area contributed by atoms with Crippen LogP contribution in [0, 0.1) is 6.67 Å². The summed E-state index contributed by atoms with van der Waals surface area (Å²) in [5, 5.41) is 2.35. The number of para-hydroxylation sites is 1. The molecule has 1 unspecified atom stereocenters. The Morgan fingerprint density at radius 1 is 0.508 bits per heavy atom. The normalized spacial score (nSPS) is 18.3. The fourth-order valence-corrected chi connectivity index (χ4v) is 10.4. The monoisotopic (exact) mass is 858 g/mol. The zero-order valence-electron chi connectivity index (χ0n) is 40.7. The maximum Gasteiger partial charge on any atom is 0.225 e. The van der Waals surface area contributed by atoms with Crippen LogP contribution in [0.4, 0.5) is 22.7 Å². The summed E-state index contributed by atoms with van der Waals surface area (Å²) in [5.41, 5.74) is 16.4. The minimum atomic E-state index is -0.123. The topological polar surface area (TPSA) is 27.1 Å². The van der Waals surface area contributed by atoms with Crippen LogP contribution >= 0.6 is 0 Å². The Labute approximate surface area is 387 Å². The largest absolute Gasteiger partial charge is 0.457 e. The molecule has 0 radical (unpaired) electrons. The molecule has 0 bridgehead atoms. The first kappa shape index (κ1) is 42.9. The molecule has 10 rings (SSSR count). The predicted octanol–water partition coefficient (Wildman–Crippen LogP) is 17.1. The van der Waals surface area contributed by atoms with Crippen LogP contribution in [0.5, 0.6) is 11.5 Å². The molecule has 65 heavy (non-hydrogen) atoms. The third-order valence-corrected chi connectivity index (χ3v) is 14.1. The lowest BCUT2D eigenvalue weighted by molar-refractivity contribution is 0.419. The number of rotatable bonds is 8. The molecule has 2 aliphatic rings. The summed E-state index contributed by atoms with van der Waals surface area (Å²) in [6.07, 6.45) is 1.97. The number of hydrogen-bond acceptors (Lipinski definition) is 2. The number of quaternary nitrogens is 2. The lowest BCUT2D eigenvalue weighted by Gasteiger charge is -2.41. The van der Waals surface area contributed by atoms with Crippen molar-refractivity contribution in [3.05, 3.63) is 174 Å². The van der Waals surface area contributed by atoms with Gasteiger partial charge in [-0.05, 0) is 103 Å². The highest BCUT2D eigenvalue weighted by Gasteiger charge is 2.78. The van der Waals surface area contributed by atoms with E-state index in [-0.39, 0.29) is 16.2 Å². The van der Waals surface area contributed by atoms with Crippen molar-refractivity contribution in [2.45, 2.75) is 118 Å². The van der Waals surface area contributed by atoms with Crippen molar-refractivity contribution in [2.75, 3.05) is 0 Å². The highest BCUT2D eigenvalue weighted by molar-refractivity contribution is 6.09. The zero-order valence-corrected chi connectivity index (χ0v) is 40.7. The smallest absolute Gasteiger partial charge is 0.225 e. The molecule has 0 amide bonds. The Hall–Kier alpha value is -6.01. The van der Waals surface area contributed by atoms with Crippen molar-refractivity contribution >= 4 is 44.6 Å². The summed E-state index contributed by atoms with van der Waals surface area (Å²) in [5.74, 6) is 3.28. The Balaban J connectivity index is 1.11. The molecule has 0 saturated carbocycles. The van der Waals surface area contributed by atoms with Crippen LogP contribution in [0.15, 0.2) is 140 Å². The average Bonchev–Trinajstić information content (AvgIpc) is 3.75. The minimum absolute atomic E-state index is 0.0154. The van der Waals surface area contributed by atoms with E-state index in [4.69, 9.17) is 9.72 Å². The number of nitrogens with zero attached hydrogens (tertiary/aromatic N) is 4. The van der Waals surface area contributed by atoms with Gasteiger partial charge in [-0.1, -0.05) is 145 Å². The summed E-state index contributed by atoms with van der Waals surface area (Å²) in [7, 11) is 0. The molecule has 0 N–H and O–H groups in total. The Kier molecular flexibility index (Phi) is 9.74. The Morgan fingerprint density at radius 3 is 1.83 bits per heavy atom. The molecule has 330 valence electrons. The molecule has 8 aromatic rings. The van der Waals surface area contributed by atoms with Crippen LogP contribution < -0.4 is 13.9 Å². The van der Waals surface area contributed by atoms with Crippen molar-refractivity contribution in [1.82, 2.24) is 18.7 Å². The van der Waals surface area contributed by atoms with Gasteiger partial charge < -0.3 is 4.74 Å². The lowest BCUT2D eigenvalue weighted by Crippen LogP contribution is -2.47. The highest BCUT2D eigenvalue weighted by Crippen LogP contribution is 2.76. The van der Waals surface area contributed by atoms with Crippen LogP contribution in [-0.2, 0) is 16.2 Å². The molecular weight excluding hydrogens is 793 g/mol. The van der Waals surface area contributed by atoms with E-state index in [1.165, 1.54) is 67.1 Å². The fourth-order valence-electron chi connectivity index (χ4n) is 10.4. The van der Waals surface area contributed by atoms with Crippen molar-refractivity contribution in [3.63, 3.8) is 0 Å². The number of pyridine rings is 1. The van der Waals surface area contributed by atoms with Gasteiger partial charge in [0.15, 0.2) is 18.0 Å². The molecular formula is C60H65N4O+. The quantitative estimate of drug-likeness (QED) is 0.0865. The second-order valence-corrected chi connectivity index (χ2v) is 22.4. The summed E-state index contributed by atoms with van der Waals surface area (Å²) in [6.45, 7) is 32.4. The molecule has 5 heteroatoms. The lowest BCUT2D eigenvalue weighted by atomic mass is 9.85. The molecule has 2 aromatic heterocycles. The number of aromatic nitrogens is 2. The predicted molar refractivity (Wildman–Crippen MR) is 275 cm³/mol. The number of hydrogen-bond donors (Lipinski definition) is 0. The van der Waals surface area contributed by atoms with Gasteiger partial charge in [0, 0.05) is 59.4 Å². The van der Waals surface area contributed by atoms with Gasteiger partial charge in [-0.2, -0.15) is 9.18 Å². The van der Waals surface area contributed by atoms with E-state index in [2.05, 4.69) is 235 Å². The van der Waals surface area contributed by atoms with E-state index < -0.39 is 0 Å². The molecule has 2 atom stereocenters.